The highest BCUT2D eigenvalue weighted by Gasteiger charge is 2.64. The molecule has 0 bridgehead atoms. The average Bonchev–Trinajstić information content (AvgIpc) is 3.04. The number of hydrogen-bond donors (Lipinski definition) is 2. The van der Waals surface area contributed by atoms with E-state index < -0.39 is 5.97 Å². The zero-order valence-corrected chi connectivity index (χ0v) is 19.2. The van der Waals surface area contributed by atoms with E-state index in [1.165, 1.54) is 51.4 Å². The van der Waals surface area contributed by atoms with Crippen LogP contribution in [0.15, 0.2) is 0 Å². The number of hydrogen-bond acceptors (Lipinski definition) is 2. The first kappa shape index (κ1) is 21.7. The summed E-state index contributed by atoms with van der Waals surface area (Å²) in [5.74, 6) is 3.41. The molecule has 0 heterocycles. The molecule has 0 aromatic carbocycles. The Labute approximate surface area is 178 Å². The van der Waals surface area contributed by atoms with Gasteiger partial charge in [0, 0.05) is 6.42 Å². The van der Waals surface area contributed by atoms with E-state index in [4.69, 9.17) is 5.11 Å². The van der Waals surface area contributed by atoms with Crippen molar-refractivity contribution in [2.24, 2.45) is 52.3 Å². The number of carboxylic acid groups (broad SMARTS) is 1. The standard InChI is InChI=1S/C26H44O3/c1-5-17-19-8-6-7-14-25(19,3)21-13-15-26(4)18(16(2)9-12-22(27)28)10-11-20(26)23(21)24(17)29/h16-21,23-24,29H,5-15H2,1-4H3,(H,27,28)/t16-,17?,18?,19?,20?,21?,23?,24-,25?,26?/m1/s1. The van der Waals surface area contributed by atoms with Crippen LogP contribution >= 0.6 is 0 Å². The molecule has 166 valence electrons. The average molecular weight is 405 g/mol. The first-order valence-electron chi connectivity index (χ1n) is 12.6. The summed E-state index contributed by atoms with van der Waals surface area (Å²) in [5.41, 5.74) is 0.716. The first-order valence-corrected chi connectivity index (χ1v) is 12.6. The summed E-state index contributed by atoms with van der Waals surface area (Å²) in [6, 6.07) is 0. The number of carbonyl (C=O) groups is 1. The van der Waals surface area contributed by atoms with Crippen LogP contribution in [0.3, 0.4) is 0 Å². The smallest absolute Gasteiger partial charge is 0.303 e. The highest BCUT2D eigenvalue weighted by molar-refractivity contribution is 5.66. The van der Waals surface area contributed by atoms with Gasteiger partial charge in [0.1, 0.15) is 0 Å². The monoisotopic (exact) mass is 404 g/mol. The summed E-state index contributed by atoms with van der Waals surface area (Å²) in [5, 5.41) is 20.9. The Kier molecular flexibility index (Phi) is 5.86. The largest absolute Gasteiger partial charge is 0.481 e. The third kappa shape index (κ3) is 3.29. The summed E-state index contributed by atoms with van der Waals surface area (Å²) in [6.45, 7) is 9.69. The van der Waals surface area contributed by atoms with E-state index >= 15 is 0 Å². The van der Waals surface area contributed by atoms with Crippen molar-refractivity contribution < 1.29 is 15.0 Å². The molecule has 4 aliphatic rings. The molecule has 4 aliphatic carbocycles. The normalized spacial score (nSPS) is 50.3. The number of carboxylic acids is 1. The third-order valence-corrected chi connectivity index (χ3v) is 10.9. The lowest BCUT2D eigenvalue weighted by Gasteiger charge is -2.64. The number of rotatable bonds is 5. The summed E-state index contributed by atoms with van der Waals surface area (Å²) in [7, 11) is 0. The molecule has 8 unspecified atom stereocenters. The van der Waals surface area contributed by atoms with Crippen molar-refractivity contribution in [3.05, 3.63) is 0 Å². The van der Waals surface area contributed by atoms with Crippen LogP contribution in [0.2, 0.25) is 0 Å². The third-order valence-electron chi connectivity index (χ3n) is 10.9. The highest BCUT2D eigenvalue weighted by atomic mass is 16.4. The molecule has 4 fully saturated rings. The number of aliphatic carboxylic acids is 1. The van der Waals surface area contributed by atoms with E-state index in [9.17, 15) is 9.90 Å². The van der Waals surface area contributed by atoms with Crippen LogP contribution in [0.5, 0.6) is 0 Å². The second-order valence-electron chi connectivity index (χ2n) is 11.8. The second kappa shape index (κ2) is 7.84. The zero-order valence-electron chi connectivity index (χ0n) is 19.2. The van der Waals surface area contributed by atoms with Crippen LogP contribution in [-0.4, -0.2) is 22.3 Å². The quantitative estimate of drug-likeness (QED) is 0.578. The maximum atomic E-state index is 11.7. The lowest BCUT2D eigenvalue weighted by Crippen LogP contribution is -2.61. The maximum Gasteiger partial charge on any atom is 0.303 e. The van der Waals surface area contributed by atoms with Crippen LogP contribution in [0.25, 0.3) is 0 Å². The van der Waals surface area contributed by atoms with E-state index in [1.807, 2.05) is 0 Å². The topological polar surface area (TPSA) is 57.5 Å². The molecule has 29 heavy (non-hydrogen) atoms. The van der Waals surface area contributed by atoms with E-state index in [0.29, 0.717) is 53.3 Å². The predicted octanol–water partition coefficient (Wildman–Crippen LogP) is 6.14. The summed E-state index contributed by atoms with van der Waals surface area (Å²) < 4.78 is 0. The predicted molar refractivity (Wildman–Crippen MR) is 116 cm³/mol. The van der Waals surface area contributed by atoms with Crippen molar-refractivity contribution in [3.8, 4) is 0 Å². The number of fused-ring (bicyclic) bond motifs is 5. The zero-order chi connectivity index (χ0) is 21.0. The van der Waals surface area contributed by atoms with Crippen molar-refractivity contribution in [2.45, 2.75) is 104 Å². The van der Waals surface area contributed by atoms with Gasteiger partial charge in [-0.25, -0.2) is 0 Å². The van der Waals surface area contributed by atoms with Gasteiger partial charge in [0.15, 0.2) is 0 Å². The fraction of sp³-hybridized carbons (Fsp3) is 0.962. The Morgan fingerprint density at radius 2 is 1.72 bits per heavy atom. The van der Waals surface area contributed by atoms with Gasteiger partial charge in [-0.15, -0.1) is 0 Å². The van der Waals surface area contributed by atoms with Gasteiger partial charge in [-0.1, -0.05) is 47.0 Å². The molecule has 10 atom stereocenters. The van der Waals surface area contributed by atoms with Crippen LogP contribution in [0.4, 0.5) is 0 Å². The van der Waals surface area contributed by atoms with E-state index in [0.717, 1.165) is 12.8 Å². The lowest BCUT2D eigenvalue weighted by atomic mass is 9.41. The van der Waals surface area contributed by atoms with Crippen LogP contribution < -0.4 is 0 Å². The SMILES string of the molecule is CCC1C2CCCCC2(C)C2CCC3(C)C(CCC3[C@H](C)CCC(=O)O)C2[C@@H]1O. The Morgan fingerprint density at radius 1 is 1.00 bits per heavy atom. The fourth-order valence-electron chi connectivity index (χ4n) is 9.57. The number of aliphatic hydroxyl groups excluding tert-OH is 1. The van der Waals surface area contributed by atoms with E-state index in [2.05, 4.69) is 27.7 Å². The van der Waals surface area contributed by atoms with Gasteiger partial charge in [0.2, 0.25) is 0 Å². The molecular weight excluding hydrogens is 360 g/mol. The maximum absolute atomic E-state index is 11.7. The van der Waals surface area contributed by atoms with Crippen molar-refractivity contribution in [2.75, 3.05) is 0 Å². The van der Waals surface area contributed by atoms with Gasteiger partial charge < -0.3 is 10.2 Å². The number of aliphatic hydroxyl groups is 1. The molecule has 3 nitrogen and oxygen atoms in total. The molecule has 4 saturated carbocycles. The molecule has 0 radical (unpaired) electrons. The van der Waals surface area contributed by atoms with Gasteiger partial charge in [-0.3, -0.25) is 4.79 Å². The minimum Gasteiger partial charge on any atom is -0.481 e. The summed E-state index contributed by atoms with van der Waals surface area (Å²) >= 11 is 0. The Morgan fingerprint density at radius 3 is 2.41 bits per heavy atom. The molecule has 2 N–H and O–H groups in total. The molecule has 3 heteroatoms. The Bertz CT molecular complexity index is 617. The molecule has 0 amide bonds. The van der Waals surface area contributed by atoms with Gasteiger partial charge in [0.05, 0.1) is 6.10 Å². The van der Waals surface area contributed by atoms with Gasteiger partial charge in [0.25, 0.3) is 0 Å². The van der Waals surface area contributed by atoms with Crippen LogP contribution in [-0.2, 0) is 4.79 Å². The summed E-state index contributed by atoms with van der Waals surface area (Å²) in [4.78, 5) is 11.1. The molecule has 4 rings (SSSR count). The first-order chi connectivity index (χ1) is 13.7. The summed E-state index contributed by atoms with van der Waals surface area (Å²) in [6.07, 6.45) is 12.5. The Balaban J connectivity index is 1.61. The van der Waals surface area contributed by atoms with Crippen molar-refractivity contribution in [1.82, 2.24) is 0 Å². The van der Waals surface area contributed by atoms with Crippen LogP contribution in [0.1, 0.15) is 98.3 Å². The van der Waals surface area contributed by atoms with Crippen molar-refractivity contribution in [3.63, 3.8) is 0 Å². The van der Waals surface area contributed by atoms with Gasteiger partial charge in [-0.05, 0) is 97.2 Å². The van der Waals surface area contributed by atoms with Gasteiger partial charge in [-0.2, -0.15) is 0 Å². The van der Waals surface area contributed by atoms with Crippen LogP contribution in [0, 0.1) is 52.3 Å². The highest BCUT2D eigenvalue weighted by Crippen LogP contribution is 2.69. The minimum atomic E-state index is -0.662. The molecular formula is C26H44O3. The Hall–Kier alpha value is -0.570. The minimum absolute atomic E-state index is 0.126. The lowest BCUT2D eigenvalue weighted by molar-refractivity contribution is -0.194. The molecule has 0 saturated heterocycles. The second-order valence-corrected chi connectivity index (χ2v) is 11.8. The van der Waals surface area contributed by atoms with Crippen molar-refractivity contribution in [1.29, 1.82) is 0 Å². The fourth-order valence-corrected chi connectivity index (χ4v) is 9.57. The molecule has 0 aromatic rings. The van der Waals surface area contributed by atoms with Crippen molar-refractivity contribution >= 4 is 5.97 Å². The molecule has 0 aliphatic heterocycles. The molecule has 0 aromatic heterocycles. The van der Waals surface area contributed by atoms with E-state index in [-0.39, 0.29) is 11.5 Å². The molecule has 0 spiro atoms. The van der Waals surface area contributed by atoms with E-state index in [1.54, 1.807) is 0 Å². The van der Waals surface area contributed by atoms with Gasteiger partial charge >= 0.3 is 5.97 Å².